The molecule has 3 aromatic rings. The van der Waals surface area contributed by atoms with Crippen LogP contribution in [0.15, 0.2) is 65.2 Å². The highest BCUT2D eigenvalue weighted by molar-refractivity contribution is 5.93. The van der Waals surface area contributed by atoms with Crippen molar-refractivity contribution in [3.63, 3.8) is 0 Å². The van der Waals surface area contributed by atoms with Gasteiger partial charge in [0.25, 0.3) is 11.5 Å². The summed E-state index contributed by atoms with van der Waals surface area (Å²) in [6, 6.07) is 13.7. The summed E-state index contributed by atoms with van der Waals surface area (Å²) in [5.74, 6) is 0.771. The number of nitrogens with one attached hydrogen (secondary N) is 1. The molecule has 0 radical (unpaired) electrons. The first-order valence-electron chi connectivity index (χ1n) is 14.2. The average molecular weight is 540 g/mol. The molecule has 1 amide bonds. The molecule has 1 saturated heterocycles. The molecule has 1 N–H and O–H groups in total. The molecule has 1 aliphatic heterocycles. The number of likely N-dealkylation sites (tertiary alicyclic amines) is 1. The van der Waals surface area contributed by atoms with Crippen molar-refractivity contribution in [3.05, 3.63) is 93.2 Å². The maximum atomic E-state index is 13.1. The summed E-state index contributed by atoms with van der Waals surface area (Å²) in [4.78, 5) is 34.2. The lowest BCUT2D eigenvalue weighted by molar-refractivity contribution is 0.0827. The number of rotatable bonds is 6. The zero-order valence-corrected chi connectivity index (χ0v) is 24.6. The quantitative estimate of drug-likeness (QED) is 0.446. The van der Waals surface area contributed by atoms with E-state index in [1.165, 1.54) is 11.1 Å². The number of anilines is 1. The molecule has 1 aliphatic carbocycles. The highest BCUT2D eigenvalue weighted by atomic mass is 16.2. The summed E-state index contributed by atoms with van der Waals surface area (Å²) in [7, 11) is 3.57. The van der Waals surface area contributed by atoms with Gasteiger partial charge < -0.3 is 10.2 Å². The monoisotopic (exact) mass is 539 g/mol. The van der Waals surface area contributed by atoms with Crippen LogP contribution in [0.1, 0.15) is 79.6 Å². The number of carbonyl (C=O) groups is 1. The van der Waals surface area contributed by atoms with Crippen LogP contribution in [0, 0.1) is 0 Å². The van der Waals surface area contributed by atoms with E-state index in [0.29, 0.717) is 5.92 Å². The number of hydrogen-bond acceptors (Lipinski definition) is 5. The van der Waals surface area contributed by atoms with Crippen LogP contribution in [0.3, 0.4) is 0 Å². The first-order valence-corrected chi connectivity index (χ1v) is 14.2. The molecule has 2 aromatic heterocycles. The number of carbonyl (C=O) groups excluding carboxylic acids is 1. The van der Waals surface area contributed by atoms with Gasteiger partial charge in [-0.15, -0.1) is 0 Å². The molecule has 1 aromatic carbocycles. The van der Waals surface area contributed by atoms with Crippen molar-refractivity contribution >= 4 is 17.7 Å². The summed E-state index contributed by atoms with van der Waals surface area (Å²) in [5.41, 5.74) is 7.02. The SMILES string of the molecule is C[C@@H]1C(CN2CCC(c3ccc(C(=O)N(C)C)cc3)CC2)=Cc2c(-n3ccc(NC(C)(C)C)cc3=O)ccnc21. The maximum Gasteiger partial charge on any atom is 0.257 e. The van der Waals surface area contributed by atoms with E-state index in [2.05, 4.69) is 56.1 Å². The Labute approximate surface area is 237 Å². The summed E-state index contributed by atoms with van der Waals surface area (Å²) >= 11 is 0. The number of benzene rings is 1. The minimum absolute atomic E-state index is 0.0402. The molecule has 7 heteroatoms. The fourth-order valence-electron chi connectivity index (χ4n) is 5.88. The van der Waals surface area contributed by atoms with Crippen molar-refractivity contribution in [1.82, 2.24) is 19.4 Å². The smallest absolute Gasteiger partial charge is 0.257 e. The predicted molar refractivity (Wildman–Crippen MR) is 162 cm³/mol. The number of nitrogens with zero attached hydrogens (tertiary/aromatic N) is 4. The van der Waals surface area contributed by atoms with Gasteiger partial charge in [-0.05, 0) is 94.1 Å². The number of hydrogen-bond donors (Lipinski definition) is 1. The molecule has 0 spiro atoms. The van der Waals surface area contributed by atoms with Gasteiger partial charge in [0.1, 0.15) is 0 Å². The molecule has 1 fully saturated rings. The lowest BCUT2D eigenvalue weighted by Crippen LogP contribution is -2.34. The van der Waals surface area contributed by atoms with Gasteiger partial charge in [0.15, 0.2) is 0 Å². The zero-order valence-electron chi connectivity index (χ0n) is 24.6. The molecule has 2 aliphatic rings. The first kappa shape index (κ1) is 27.8. The van der Waals surface area contributed by atoms with Crippen LogP contribution in [0.25, 0.3) is 11.8 Å². The Bertz CT molecular complexity index is 1470. The molecule has 210 valence electrons. The van der Waals surface area contributed by atoms with Crippen molar-refractivity contribution in [3.8, 4) is 5.69 Å². The maximum absolute atomic E-state index is 13.1. The van der Waals surface area contributed by atoms with Crippen LogP contribution in [0.5, 0.6) is 0 Å². The van der Waals surface area contributed by atoms with Gasteiger partial charge in [-0.2, -0.15) is 0 Å². The third-order valence-electron chi connectivity index (χ3n) is 8.02. The summed E-state index contributed by atoms with van der Waals surface area (Å²) in [5, 5.41) is 3.38. The Morgan fingerprint density at radius 2 is 1.77 bits per heavy atom. The lowest BCUT2D eigenvalue weighted by atomic mass is 9.88. The van der Waals surface area contributed by atoms with E-state index in [-0.39, 0.29) is 22.9 Å². The third-order valence-corrected chi connectivity index (χ3v) is 8.02. The van der Waals surface area contributed by atoms with Gasteiger partial charge >= 0.3 is 0 Å². The van der Waals surface area contributed by atoms with Gasteiger partial charge in [0.05, 0.1) is 11.4 Å². The Kier molecular flexibility index (Phi) is 7.69. The first-order chi connectivity index (χ1) is 19.0. The van der Waals surface area contributed by atoms with E-state index < -0.39 is 0 Å². The Morgan fingerprint density at radius 1 is 1.07 bits per heavy atom. The third kappa shape index (κ3) is 5.89. The topological polar surface area (TPSA) is 70.5 Å². The molecule has 40 heavy (non-hydrogen) atoms. The number of piperidine rings is 1. The van der Waals surface area contributed by atoms with Crippen molar-refractivity contribution in [2.45, 2.75) is 57.9 Å². The number of aromatic nitrogens is 2. The van der Waals surface area contributed by atoms with Crippen molar-refractivity contribution < 1.29 is 4.79 Å². The van der Waals surface area contributed by atoms with Crippen molar-refractivity contribution in [2.24, 2.45) is 0 Å². The van der Waals surface area contributed by atoms with Crippen molar-refractivity contribution in [1.29, 1.82) is 0 Å². The Balaban J connectivity index is 1.27. The standard InChI is InChI=1S/C33H41N5O2/c1-22-26(21-37-16-12-24(13-17-37)23-7-9-25(10-8-23)32(40)36(5)6)19-28-29(11-15-34-31(22)28)38-18-14-27(20-30(38)39)35-33(2,3)4/h7-11,14-15,18-20,22,24,35H,12-13,16-17,21H2,1-6H3/t22-/m1/s1. The fourth-order valence-corrected chi connectivity index (χ4v) is 5.88. The normalized spacial score (nSPS) is 17.9. The molecule has 0 bridgehead atoms. The van der Waals surface area contributed by atoms with Crippen LogP contribution in [0.4, 0.5) is 5.69 Å². The largest absolute Gasteiger partial charge is 0.380 e. The minimum Gasteiger partial charge on any atom is -0.380 e. The van der Waals surface area contributed by atoms with Crippen LogP contribution in [-0.4, -0.2) is 64.5 Å². The van der Waals surface area contributed by atoms with E-state index >= 15 is 0 Å². The molecule has 0 unspecified atom stereocenters. The van der Waals surface area contributed by atoms with Gasteiger partial charge in [-0.3, -0.25) is 24.0 Å². The lowest BCUT2D eigenvalue weighted by Gasteiger charge is -2.33. The second kappa shape index (κ2) is 11.0. The van der Waals surface area contributed by atoms with E-state index in [1.54, 1.807) is 29.6 Å². The molecule has 0 saturated carbocycles. The fraction of sp³-hybridized carbons (Fsp3) is 0.424. The summed E-state index contributed by atoms with van der Waals surface area (Å²) in [6.45, 7) is 11.4. The number of pyridine rings is 2. The van der Waals surface area contributed by atoms with Crippen LogP contribution >= 0.6 is 0 Å². The number of amides is 1. The Hall–Kier alpha value is -3.71. The highest BCUT2D eigenvalue weighted by Gasteiger charge is 2.29. The van der Waals surface area contributed by atoms with Crippen LogP contribution in [0.2, 0.25) is 0 Å². The highest BCUT2D eigenvalue weighted by Crippen LogP contribution is 2.38. The molecule has 1 atom stereocenters. The van der Waals surface area contributed by atoms with E-state index in [4.69, 9.17) is 4.98 Å². The van der Waals surface area contributed by atoms with Gasteiger partial charge in [0, 0.05) is 67.4 Å². The van der Waals surface area contributed by atoms with E-state index in [1.807, 2.05) is 36.7 Å². The second-order valence-corrected chi connectivity index (χ2v) is 12.4. The molecule has 3 heterocycles. The van der Waals surface area contributed by atoms with Crippen molar-refractivity contribution in [2.75, 3.05) is 39.0 Å². The predicted octanol–water partition coefficient (Wildman–Crippen LogP) is 5.52. The van der Waals surface area contributed by atoms with Gasteiger partial charge in [-0.1, -0.05) is 19.1 Å². The average Bonchev–Trinajstić information content (AvgIpc) is 3.23. The molecular formula is C33H41N5O2. The zero-order chi connectivity index (χ0) is 28.6. The number of fused-ring (bicyclic) bond motifs is 1. The summed E-state index contributed by atoms with van der Waals surface area (Å²) in [6.07, 6.45) is 8.13. The Morgan fingerprint density at radius 3 is 2.40 bits per heavy atom. The molecule has 5 rings (SSSR count). The van der Waals surface area contributed by atoms with Crippen LogP contribution in [-0.2, 0) is 0 Å². The van der Waals surface area contributed by atoms with E-state index in [9.17, 15) is 9.59 Å². The van der Waals surface area contributed by atoms with Gasteiger partial charge in [0.2, 0.25) is 0 Å². The van der Waals surface area contributed by atoms with Gasteiger partial charge in [-0.25, -0.2) is 0 Å². The molecule has 7 nitrogen and oxygen atoms in total. The van der Waals surface area contributed by atoms with E-state index in [0.717, 1.165) is 60.7 Å². The van der Waals surface area contributed by atoms with Crippen LogP contribution < -0.4 is 10.9 Å². The minimum atomic E-state index is -0.116. The summed E-state index contributed by atoms with van der Waals surface area (Å²) < 4.78 is 1.73. The second-order valence-electron chi connectivity index (χ2n) is 12.4. The molecular weight excluding hydrogens is 498 g/mol.